The fourth-order valence-corrected chi connectivity index (χ4v) is 2.65. The first-order chi connectivity index (χ1) is 9.74. The van der Waals surface area contributed by atoms with Crippen molar-refractivity contribution >= 4 is 11.8 Å². The van der Waals surface area contributed by atoms with E-state index >= 15 is 0 Å². The normalized spacial score (nSPS) is 16.8. The number of aromatic nitrogens is 2. The highest BCUT2D eigenvalue weighted by molar-refractivity contribution is 8.03. The van der Waals surface area contributed by atoms with Crippen LogP contribution in [0.2, 0.25) is 0 Å². The summed E-state index contributed by atoms with van der Waals surface area (Å²) in [7, 11) is 1.57. The molecule has 5 heteroatoms. The average molecular weight is 295 g/mol. The van der Waals surface area contributed by atoms with Crippen molar-refractivity contribution in [2.45, 2.75) is 51.8 Å². The number of methoxy groups -OCH3 is 1. The van der Waals surface area contributed by atoms with E-state index in [1.807, 2.05) is 11.8 Å². The summed E-state index contributed by atoms with van der Waals surface area (Å²) in [4.78, 5) is 9.60. The SMILES string of the molecule is CCCC.CCCC1=CNC(c2cnc(OC)nc2)S1. The highest BCUT2D eigenvalue weighted by Crippen LogP contribution is 2.38. The third-order valence-corrected chi connectivity index (χ3v) is 4.06. The van der Waals surface area contributed by atoms with Crippen molar-refractivity contribution in [3.8, 4) is 6.01 Å². The molecular formula is C15H25N3OS. The zero-order valence-electron chi connectivity index (χ0n) is 12.8. The van der Waals surface area contributed by atoms with Crippen molar-refractivity contribution in [1.29, 1.82) is 0 Å². The molecule has 1 unspecified atom stereocenters. The number of ether oxygens (including phenoxy) is 1. The molecule has 0 saturated heterocycles. The summed E-state index contributed by atoms with van der Waals surface area (Å²) in [6, 6.07) is 0.411. The van der Waals surface area contributed by atoms with E-state index in [2.05, 4.69) is 42.3 Å². The van der Waals surface area contributed by atoms with Gasteiger partial charge < -0.3 is 10.1 Å². The number of thioether (sulfide) groups is 1. The summed E-state index contributed by atoms with van der Waals surface area (Å²) in [6.07, 6.45) is 10.6. The lowest BCUT2D eigenvalue weighted by atomic mass is 10.3. The summed E-state index contributed by atoms with van der Waals surface area (Å²) in [5.41, 5.74) is 1.08. The van der Waals surface area contributed by atoms with Crippen LogP contribution in [0.4, 0.5) is 0 Å². The lowest BCUT2D eigenvalue weighted by molar-refractivity contribution is 0.379. The van der Waals surface area contributed by atoms with E-state index in [0.29, 0.717) is 6.01 Å². The molecule has 0 spiro atoms. The smallest absolute Gasteiger partial charge is 0.316 e. The van der Waals surface area contributed by atoms with Crippen molar-refractivity contribution in [3.63, 3.8) is 0 Å². The fraction of sp³-hybridized carbons (Fsp3) is 0.600. The number of unbranched alkanes of at least 4 members (excludes halogenated alkanes) is 1. The monoisotopic (exact) mass is 295 g/mol. The number of hydrogen-bond acceptors (Lipinski definition) is 5. The van der Waals surface area contributed by atoms with Crippen LogP contribution in [0.1, 0.15) is 57.4 Å². The van der Waals surface area contributed by atoms with Gasteiger partial charge in [-0.15, -0.1) is 0 Å². The molecule has 1 aromatic rings. The standard InChI is InChI=1S/C11H15N3OS.C4H10/c1-3-4-9-7-12-10(16-9)8-5-13-11(15-2)14-6-8;1-3-4-2/h5-7,10,12H,3-4H2,1-2H3;3-4H2,1-2H3. The minimum atomic E-state index is 0.243. The van der Waals surface area contributed by atoms with Crippen LogP contribution in [0.25, 0.3) is 0 Å². The Morgan fingerprint density at radius 3 is 2.30 bits per heavy atom. The molecule has 4 nitrogen and oxygen atoms in total. The molecule has 0 saturated carbocycles. The first-order valence-corrected chi connectivity index (χ1v) is 8.10. The Bertz CT molecular complexity index is 404. The first-order valence-electron chi connectivity index (χ1n) is 7.22. The van der Waals surface area contributed by atoms with Crippen LogP contribution in [-0.2, 0) is 0 Å². The van der Waals surface area contributed by atoms with Gasteiger partial charge in [-0.1, -0.05) is 51.8 Å². The molecule has 2 rings (SSSR count). The predicted molar refractivity (Wildman–Crippen MR) is 85.6 cm³/mol. The van der Waals surface area contributed by atoms with E-state index < -0.39 is 0 Å². The van der Waals surface area contributed by atoms with Gasteiger partial charge in [0.25, 0.3) is 0 Å². The van der Waals surface area contributed by atoms with Gasteiger partial charge in [-0.3, -0.25) is 0 Å². The topological polar surface area (TPSA) is 47.0 Å². The van der Waals surface area contributed by atoms with E-state index in [-0.39, 0.29) is 5.37 Å². The number of nitrogens with one attached hydrogen (secondary N) is 1. The number of nitrogens with zero attached hydrogens (tertiary/aromatic N) is 2. The Morgan fingerprint density at radius 1 is 1.15 bits per heavy atom. The van der Waals surface area contributed by atoms with Gasteiger partial charge in [0.1, 0.15) is 5.37 Å². The molecule has 20 heavy (non-hydrogen) atoms. The fourth-order valence-electron chi connectivity index (χ4n) is 1.50. The molecular weight excluding hydrogens is 270 g/mol. The molecule has 0 amide bonds. The van der Waals surface area contributed by atoms with Gasteiger partial charge >= 0.3 is 6.01 Å². The van der Waals surface area contributed by atoms with Crippen molar-refractivity contribution in [3.05, 3.63) is 29.1 Å². The molecule has 1 aliphatic heterocycles. The Balaban J connectivity index is 0.000000444. The van der Waals surface area contributed by atoms with Gasteiger partial charge in [0, 0.05) is 29.1 Å². The Hall–Kier alpha value is -1.23. The number of allylic oxidation sites excluding steroid dienone is 1. The van der Waals surface area contributed by atoms with Crippen LogP contribution >= 0.6 is 11.8 Å². The number of hydrogen-bond donors (Lipinski definition) is 1. The zero-order valence-corrected chi connectivity index (χ0v) is 13.7. The third kappa shape index (κ3) is 5.41. The molecule has 1 aliphatic rings. The molecule has 0 aromatic carbocycles. The second kappa shape index (κ2) is 9.64. The van der Waals surface area contributed by atoms with E-state index in [9.17, 15) is 0 Å². The average Bonchev–Trinajstić information content (AvgIpc) is 2.97. The largest absolute Gasteiger partial charge is 0.467 e. The molecule has 112 valence electrons. The lowest BCUT2D eigenvalue weighted by Crippen LogP contribution is -2.07. The van der Waals surface area contributed by atoms with Crippen molar-refractivity contribution in [1.82, 2.24) is 15.3 Å². The van der Waals surface area contributed by atoms with E-state index in [1.165, 1.54) is 24.2 Å². The maximum absolute atomic E-state index is 4.93. The summed E-state index contributed by atoms with van der Waals surface area (Å²) < 4.78 is 4.93. The molecule has 1 atom stereocenters. The Morgan fingerprint density at radius 2 is 1.80 bits per heavy atom. The molecule has 0 fully saturated rings. The van der Waals surface area contributed by atoms with Crippen LogP contribution < -0.4 is 10.1 Å². The van der Waals surface area contributed by atoms with Crippen molar-refractivity contribution in [2.24, 2.45) is 0 Å². The molecule has 0 radical (unpaired) electrons. The quantitative estimate of drug-likeness (QED) is 0.879. The lowest BCUT2D eigenvalue weighted by Gasteiger charge is -2.10. The van der Waals surface area contributed by atoms with Gasteiger partial charge in [-0.2, -0.15) is 0 Å². The summed E-state index contributed by atoms with van der Waals surface area (Å²) in [5, 5.41) is 3.57. The predicted octanol–water partition coefficient (Wildman–Crippen LogP) is 4.27. The maximum Gasteiger partial charge on any atom is 0.316 e. The van der Waals surface area contributed by atoms with E-state index in [4.69, 9.17) is 4.74 Å². The second-order valence-corrected chi connectivity index (χ2v) is 5.76. The van der Waals surface area contributed by atoms with Gasteiger partial charge in [-0.05, 0) is 6.42 Å². The highest BCUT2D eigenvalue weighted by atomic mass is 32.2. The third-order valence-electron chi connectivity index (χ3n) is 2.79. The van der Waals surface area contributed by atoms with Crippen LogP contribution in [-0.4, -0.2) is 17.1 Å². The minimum Gasteiger partial charge on any atom is -0.467 e. The van der Waals surface area contributed by atoms with Gasteiger partial charge in [0.2, 0.25) is 0 Å². The van der Waals surface area contributed by atoms with Gasteiger partial charge in [0.05, 0.1) is 7.11 Å². The van der Waals surface area contributed by atoms with Crippen LogP contribution in [0.15, 0.2) is 23.5 Å². The van der Waals surface area contributed by atoms with E-state index in [0.717, 1.165) is 12.0 Å². The molecule has 2 heterocycles. The molecule has 1 N–H and O–H groups in total. The van der Waals surface area contributed by atoms with Crippen LogP contribution in [0, 0.1) is 0 Å². The van der Waals surface area contributed by atoms with E-state index in [1.54, 1.807) is 19.5 Å². The molecule has 1 aromatic heterocycles. The van der Waals surface area contributed by atoms with Crippen LogP contribution in [0.3, 0.4) is 0 Å². The van der Waals surface area contributed by atoms with Crippen molar-refractivity contribution in [2.75, 3.05) is 7.11 Å². The summed E-state index contributed by atoms with van der Waals surface area (Å²) in [5.74, 6) is 0. The summed E-state index contributed by atoms with van der Waals surface area (Å²) in [6.45, 7) is 6.55. The van der Waals surface area contributed by atoms with Gasteiger partial charge in [0.15, 0.2) is 0 Å². The Kier molecular flexibility index (Phi) is 8.11. The minimum absolute atomic E-state index is 0.243. The number of rotatable bonds is 5. The Labute approximate surface area is 126 Å². The molecule has 0 bridgehead atoms. The zero-order chi connectivity index (χ0) is 14.8. The maximum atomic E-state index is 4.93. The van der Waals surface area contributed by atoms with Crippen molar-refractivity contribution < 1.29 is 4.74 Å². The first kappa shape index (κ1) is 16.8. The highest BCUT2D eigenvalue weighted by Gasteiger charge is 2.19. The molecule has 0 aliphatic carbocycles. The second-order valence-electron chi connectivity index (χ2n) is 4.53. The van der Waals surface area contributed by atoms with Gasteiger partial charge in [-0.25, -0.2) is 9.97 Å². The summed E-state index contributed by atoms with van der Waals surface area (Å²) >= 11 is 1.83. The van der Waals surface area contributed by atoms with Crippen LogP contribution in [0.5, 0.6) is 6.01 Å².